The van der Waals surface area contributed by atoms with Crippen LogP contribution in [0, 0.1) is 6.07 Å². The van der Waals surface area contributed by atoms with Gasteiger partial charge in [-0.25, -0.2) is 8.42 Å². The van der Waals surface area contributed by atoms with E-state index in [4.69, 9.17) is 0 Å². The smallest absolute Gasteiger partial charge is 0.195 e. The fraction of sp³-hybridized carbons (Fsp3) is 0.250. The van der Waals surface area contributed by atoms with Crippen LogP contribution < -0.4 is 0 Å². The molecule has 0 aliphatic carbocycles. The van der Waals surface area contributed by atoms with E-state index in [0.717, 1.165) is 6.26 Å². The maximum absolute atomic E-state index is 10.6. The van der Waals surface area contributed by atoms with Crippen LogP contribution in [0.15, 0.2) is 11.2 Å². The second-order valence-corrected chi connectivity index (χ2v) is 3.54. The standard InChI is InChI=1S/C4H5N2O2S/c1-9(7,8)4-2-3-5-6-4/h3H,1H3,(H,5,6). The molecule has 0 spiro atoms. The number of rotatable bonds is 1. The molecular formula is C4H5N2O2S. The zero-order valence-corrected chi connectivity index (χ0v) is 5.57. The molecule has 0 atom stereocenters. The largest absolute Gasteiger partial charge is 0.284 e. The lowest BCUT2D eigenvalue weighted by atomic mass is 10.8. The van der Waals surface area contributed by atoms with Gasteiger partial charge in [0.2, 0.25) is 0 Å². The first-order valence-corrected chi connectivity index (χ1v) is 4.11. The molecule has 49 valence electrons. The molecule has 0 amide bonds. The van der Waals surface area contributed by atoms with Gasteiger partial charge in [0.05, 0.1) is 0 Å². The normalized spacial score (nSPS) is 11.7. The number of hydrogen-bond donors (Lipinski definition) is 1. The van der Waals surface area contributed by atoms with E-state index >= 15 is 0 Å². The lowest BCUT2D eigenvalue weighted by Crippen LogP contribution is -1.96. The molecule has 0 aromatic carbocycles. The van der Waals surface area contributed by atoms with Gasteiger partial charge in [-0.15, -0.1) is 0 Å². The Morgan fingerprint density at radius 3 is 2.67 bits per heavy atom. The first kappa shape index (κ1) is 6.28. The van der Waals surface area contributed by atoms with Crippen LogP contribution in [0.25, 0.3) is 0 Å². The Morgan fingerprint density at radius 2 is 2.44 bits per heavy atom. The molecule has 9 heavy (non-hydrogen) atoms. The van der Waals surface area contributed by atoms with Crippen molar-refractivity contribution in [1.29, 1.82) is 0 Å². The van der Waals surface area contributed by atoms with Gasteiger partial charge in [-0.05, 0) is 0 Å². The molecule has 5 heteroatoms. The molecule has 1 radical (unpaired) electrons. The van der Waals surface area contributed by atoms with E-state index in [-0.39, 0.29) is 5.03 Å². The van der Waals surface area contributed by atoms with Crippen molar-refractivity contribution in [3.05, 3.63) is 12.3 Å². The maximum Gasteiger partial charge on any atom is 0.195 e. The van der Waals surface area contributed by atoms with Crippen LogP contribution in [0.1, 0.15) is 0 Å². The quantitative estimate of drug-likeness (QED) is 0.585. The molecule has 1 heterocycles. The summed E-state index contributed by atoms with van der Waals surface area (Å²) in [7, 11) is -3.16. The number of hydrogen-bond acceptors (Lipinski definition) is 3. The van der Waals surface area contributed by atoms with E-state index in [1.54, 1.807) is 0 Å². The highest BCUT2D eigenvalue weighted by molar-refractivity contribution is 7.90. The molecule has 0 aliphatic heterocycles. The SMILES string of the molecule is CS(=O)(=O)c1[c]c[nH]n1. The van der Waals surface area contributed by atoms with Crippen LogP contribution in [0.2, 0.25) is 0 Å². The molecule has 1 aromatic rings. The van der Waals surface area contributed by atoms with Gasteiger partial charge in [0.15, 0.2) is 14.9 Å². The van der Waals surface area contributed by atoms with Crippen molar-refractivity contribution in [3.8, 4) is 0 Å². The highest BCUT2D eigenvalue weighted by Gasteiger charge is 2.07. The van der Waals surface area contributed by atoms with Crippen LogP contribution in [0.5, 0.6) is 0 Å². The molecule has 0 saturated heterocycles. The third-order valence-corrected chi connectivity index (χ3v) is 1.69. The monoisotopic (exact) mass is 145 g/mol. The molecule has 4 nitrogen and oxygen atoms in total. The average Bonchev–Trinajstić information content (AvgIpc) is 2.08. The van der Waals surface area contributed by atoms with Crippen molar-refractivity contribution in [3.63, 3.8) is 0 Å². The summed E-state index contributed by atoms with van der Waals surface area (Å²) in [5.41, 5.74) is 0. The Morgan fingerprint density at radius 1 is 1.78 bits per heavy atom. The summed E-state index contributed by atoms with van der Waals surface area (Å²) in [6.45, 7) is 0. The summed E-state index contributed by atoms with van der Waals surface area (Å²) in [6.07, 6.45) is 2.43. The second-order valence-electron chi connectivity index (χ2n) is 1.61. The molecule has 0 fully saturated rings. The number of nitrogens with zero attached hydrogens (tertiary/aromatic N) is 1. The summed E-state index contributed by atoms with van der Waals surface area (Å²) in [5, 5.41) is 5.73. The minimum absolute atomic E-state index is 0.0394. The highest BCUT2D eigenvalue weighted by Crippen LogP contribution is 1.98. The summed E-state index contributed by atoms with van der Waals surface area (Å²) in [6, 6.07) is 2.42. The lowest BCUT2D eigenvalue weighted by molar-refractivity contribution is 0.597. The van der Waals surface area contributed by atoms with E-state index < -0.39 is 9.84 Å². The van der Waals surface area contributed by atoms with Crippen LogP contribution >= 0.6 is 0 Å². The Bertz CT molecular complexity index is 274. The summed E-state index contributed by atoms with van der Waals surface area (Å²) in [5.74, 6) is 0. The highest BCUT2D eigenvalue weighted by atomic mass is 32.2. The van der Waals surface area contributed by atoms with Crippen molar-refractivity contribution in [2.45, 2.75) is 5.03 Å². The molecule has 1 rings (SSSR count). The van der Waals surface area contributed by atoms with Gasteiger partial charge in [-0.2, -0.15) is 5.10 Å². The average molecular weight is 145 g/mol. The van der Waals surface area contributed by atoms with Crippen molar-refractivity contribution in [2.24, 2.45) is 0 Å². The van der Waals surface area contributed by atoms with Crippen molar-refractivity contribution in [2.75, 3.05) is 6.26 Å². The molecule has 1 N–H and O–H groups in total. The van der Waals surface area contributed by atoms with Gasteiger partial charge in [-0.1, -0.05) is 0 Å². The van der Waals surface area contributed by atoms with Gasteiger partial charge in [-0.3, -0.25) is 5.10 Å². The molecule has 0 aliphatic rings. The number of nitrogens with one attached hydrogen (secondary N) is 1. The number of sulfone groups is 1. The fourth-order valence-electron chi connectivity index (χ4n) is 0.407. The van der Waals surface area contributed by atoms with E-state index in [0.29, 0.717) is 0 Å². The van der Waals surface area contributed by atoms with Crippen LogP contribution in [-0.2, 0) is 9.84 Å². The Balaban J connectivity index is 3.20. The van der Waals surface area contributed by atoms with Gasteiger partial charge in [0, 0.05) is 18.5 Å². The van der Waals surface area contributed by atoms with Gasteiger partial charge >= 0.3 is 0 Å². The number of aromatic amines is 1. The van der Waals surface area contributed by atoms with Crippen molar-refractivity contribution in [1.82, 2.24) is 10.2 Å². The molecule has 0 bridgehead atoms. The van der Waals surface area contributed by atoms with Gasteiger partial charge in [0.1, 0.15) is 0 Å². The molecule has 0 unspecified atom stereocenters. The number of aromatic nitrogens is 2. The second kappa shape index (κ2) is 1.84. The summed E-state index contributed by atoms with van der Waals surface area (Å²) >= 11 is 0. The Hall–Kier alpha value is -0.840. The summed E-state index contributed by atoms with van der Waals surface area (Å²) < 4.78 is 21.2. The van der Waals surface area contributed by atoms with E-state index in [1.165, 1.54) is 6.20 Å². The van der Waals surface area contributed by atoms with Crippen molar-refractivity contribution >= 4 is 9.84 Å². The van der Waals surface area contributed by atoms with Crippen molar-refractivity contribution < 1.29 is 8.42 Å². The Labute approximate surface area is 52.8 Å². The van der Waals surface area contributed by atoms with Crippen LogP contribution in [-0.4, -0.2) is 24.9 Å². The molecule has 1 aromatic heterocycles. The van der Waals surface area contributed by atoms with E-state index in [1.807, 2.05) is 0 Å². The first-order valence-electron chi connectivity index (χ1n) is 2.22. The van der Waals surface area contributed by atoms with Gasteiger partial charge < -0.3 is 0 Å². The minimum Gasteiger partial charge on any atom is -0.284 e. The topological polar surface area (TPSA) is 62.8 Å². The lowest BCUT2D eigenvalue weighted by Gasteiger charge is -1.84. The first-order chi connectivity index (χ1) is 4.11. The predicted molar refractivity (Wildman–Crippen MR) is 30.5 cm³/mol. The van der Waals surface area contributed by atoms with Crippen LogP contribution in [0.3, 0.4) is 0 Å². The Kier molecular flexibility index (Phi) is 1.28. The molecular weight excluding hydrogens is 140 g/mol. The third kappa shape index (κ3) is 1.29. The molecule has 0 saturated carbocycles. The fourth-order valence-corrected chi connectivity index (χ4v) is 0.899. The number of H-pyrrole nitrogens is 1. The van der Waals surface area contributed by atoms with E-state index in [9.17, 15) is 8.42 Å². The third-order valence-electron chi connectivity index (χ3n) is 0.778. The van der Waals surface area contributed by atoms with Crippen LogP contribution in [0.4, 0.5) is 0 Å². The predicted octanol–water partition coefficient (Wildman–Crippen LogP) is -0.387. The zero-order chi connectivity index (χ0) is 6.91. The maximum atomic E-state index is 10.6. The van der Waals surface area contributed by atoms with Gasteiger partial charge in [0.25, 0.3) is 0 Å². The summed E-state index contributed by atoms with van der Waals surface area (Å²) in [4.78, 5) is 0. The zero-order valence-electron chi connectivity index (χ0n) is 4.75. The van der Waals surface area contributed by atoms with E-state index in [2.05, 4.69) is 16.3 Å². The minimum atomic E-state index is -3.16.